The molecule has 0 aliphatic rings. The summed E-state index contributed by atoms with van der Waals surface area (Å²) in [5, 5.41) is 15.1. The smallest absolute Gasteiger partial charge is 0.326 e. The summed E-state index contributed by atoms with van der Waals surface area (Å²) in [5.41, 5.74) is 0. The molecule has 0 rings (SSSR count). The number of carboxylic acids is 1. The van der Waals surface area contributed by atoms with Crippen molar-refractivity contribution in [2.45, 2.75) is 206 Å². The highest BCUT2D eigenvalue weighted by atomic mass is 16.4. The van der Waals surface area contributed by atoms with Gasteiger partial charge in [-0.2, -0.15) is 0 Å². The number of nitrogens with one attached hydrogen (secondary N) is 2. The number of carbonyl (C=O) groups excluding carboxylic acids is 2. The lowest BCUT2D eigenvalue weighted by Gasteiger charge is -2.14. The summed E-state index contributed by atoms with van der Waals surface area (Å²) in [7, 11) is 0. The third-order valence-electron chi connectivity index (χ3n) is 8.39. The Morgan fingerprint density at radius 3 is 1.21 bits per heavy atom. The molecule has 0 fully saturated rings. The Kier molecular flexibility index (Phi) is 31.1. The Bertz CT molecular complexity index is 626. The fourth-order valence-corrected chi connectivity index (χ4v) is 5.57. The first-order valence-electron chi connectivity index (χ1n) is 18.3. The lowest BCUT2D eigenvalue weighted by molar-refractivity contribution is -0.142. The van der Waals surface area contributed by atoms with Gasteiger partial charge in [0.25, 0.3) is 0 Å². The molecular formula is C36H70N2O4. The Balaban J connectivity index is 3.61. The molecule has 0 unspecified atom stereocenters. The zero-order valence-corrected chi connectivity index (χ0v) is 28.0. The zero-order chi connectivity index (χ0) is 30.9. The molecule has 0 aliphatic heterocycles. The number of carbonyl (C=O) groups is 3. The van der Waals surface area contributed by atoms with Crippen LogP contribution in [-0.2, 0) is 14.4 Å². The first-order chi connectivity index (χ1) is 20.5. The maximum atomic E-state index is 12.2. The quantitative estimate of drug-likeness (QED) is 0.0659. The van der Waals surface area contributed by atoms with E-state index < -0.39 is 12.0 Å². The molecule has 248 valence electrons. The molecular weight excluding hydrogens is 524 g/mol. The maximum absolute atomic E-state index is 12.2. The van der Waals surface area contributed by atoms with Crippen molar-refractivity contribution in [2.75, 3.05) is 6.54 Å². The molecule has 0 radical (unpaired) electrons. The third-order valence-corrected chi connectivity index (χ3v) is 8.39. The van der Waals surface area contributed by atoms with Crippen molar-refractivity contribution in [1.29, 1.82) is 0 Å². The van der Waals surface area contributed by atoms with Crippen LogP contribution in [0.3, 0.4) is 0 Å². The van der Waals surface area contributed by atoms with Crippen LogP contribution in [0.15, 0.2) is 0 Å². The molecule has 0 spiro atoms. The zero-order valence-electron chi connectivity index (χ0n) is 28.0. The van der Waals surface area contributed by atoms with Crippen molar-refractivity contribution in [3.8, 4) is 0 Å². The first kappa shape index (κ1) is 40.4. The molecule has 6 nitrogen and oxygen atoms in total. The number of rotatable bonds is 33. The van der Waals surface area contributed by atoms with Crippen molar-refractivity contribution in [1.82, 2.24) is 10.6 Å². The number of amides is 2. The molecule has 42 heavy (non-hydrogen) atoms. The van der Waals surface area contributed by atoms with Gasteiger partial charge >= 0.3 is 5.97 Å². The Labute approximate surface area is 260 Å². The van der Waals surface area contributed by atoms with Crippen molar-refractivity contribution >= 4 is 17.8 Å². The second-order valence-corrected chi connectivity index (χ2v) is 12.6. The van der Waals surface area contributed by atoms with Crippen molar-refractivity contribution in [2.24, 2.45) is 0 Å². The van der Waals surface area contributed by atoms with Gasteiger partial charge in [-0.25, -0.2) is 4.79 Å². The molecule has 0 aromatic rings. The predicted molar refractivity (Wildman–Crippen MR) is 178 cm³/mol. The lowest BCUT2D eigenvalue weighted by Crippen LogP contribution is -2.40. The molecule has 0 aliphatic carbocycles. The van der Waals surface area contributed by atoms with Gasteiger partial charge in [0.15, 0.2) is 0 Å². The third kappa shape index (κ3) is 29.9. The Morgan fingerprint density at radius 1 is 0.476 bits per heavy atom. The summed E-state index contributed by atoms with van der Waals surface area (Å²) in [5.74, 6) is -1.05. The number of unbranched alkanes of at least 4 members (excludes halogenated alkanes) is 23. The van der Waals surface area contributed by atoms with Crippen LogP contribution in [-0.4, -0.2) is 35.5 Å². The van der Waals surface area contributed by atoms with Gasteiger partial charge in [-0.15, -0.1) is 0 Å². The van der Waals surface area contributed by atoms with E-state index in [2.05, 4.69) is 24.5 Å². The van der Waals surface area contributed by atoms with Crippen LogP contribution in [0.2, 0.25) is 0 Å². The van der Waals surface area contributed by atoms with E-state index in [1.807, 2.05) is 0 Å². The normalized spacial score (nSPS) is 11.9. The minimum absolute atomic E-state index is 0.0909. The molecule has 1 atom stereocenters. The molecule has 6 heteroatoms. The predicted octanol–water partition coefficient (Wildman–Crippen LogP) is 10.0. The van der Waals surface area contributed by atoms with Crippen LogP contribution < -0.4 is 10.6 Å². The van der Waals surface area contributed by atoms with E-state index >= 15 is 0 Å². The van der Waals surface area contributed by atoms with E-state index in [1.165, 1.54) is 122 Å². The van der Waals surface area contributed by atoms with E-state index in [0.717, 1.165) is 38.5 Å². The van der Waals surface area contributed by atoms with Crippen molar-refractivity contribution < 1.29 is 19.5 Å². The number of hydrogen-bond donors (Lipinski definition) is 3. The van der Waals surface area contributed by atoms with Gasteiger partial charge in [-0.1, -0.05) is 155 Å². The highest BCUT2D eigenvalue weighted by Crippen LogP contribution is 2.14. The van der Waals surface area contributed by atoms with Crippen LogP contribution in [0.4, 0.5) is 0 Å². The van der Waals surface area contributed by atoms with Crippen LogP contribution >= 0.6 is 0 Å². The molecule has 0 aromatic heterocycles. The summed E-state index contributed by atoms with van der Waals surface area (Å²) in [6.07, 6.45) is 33.1. The summed E-state index contributed by atoms with van der Waals surface area (Å²) >= 11 is 0. The average molecular weight is 595 g/mol. The maximum Gasteiger partial charge on any atom is 0.326 e. The van der Waals surface area contributed by atoms with Gasteiger partial charge in [0.05, 0.1) is 0 Å². The molecule has 0 aromatic carbocycles. The van der Waals surface area contributed by atoms with Crippen molar-refractivity contribution in [3.05, 3.63) is 0 Å². The second-order valence-electron chi connectivity index (χ2n) is 12.6. The van der Waals surface area contributed by atoms with Crippen LogP contribution in [0, 0.1) is 0 Å². The van der Waals surface area contributed by atoms with Crippen LogP contribution in [0.25, 0.3) is 0 Å². The lowest BCUT2D eigenvalue weighted by atomic mass is 10.0. The number of aliphatic carboxylic acids is 1. The summed E-state index contributed by atoms with van der Waals surface area (Å²) < 4.78 is 0. The summed E-state index contributed by atoms with van der Waals surface area (Å²) in [6.45, 7) is 5.07. The average Bonchev–Trinajstić information content (AvgIpc) is 2.97. The van der Waals surface area contributed by atoms with Crippen molar-refractivity contribution in [3.63, 3.8) is 0 Å². The Hall–Kier alpha value is -1.59. The van der Waals surface area contributed by atoms with Crippen LogP contribution in [0.1, 0.15) is 200 Å². The van der Waals surface area contributed by atoms with Gasteiger partial charge in [0.2, 0.25) is 11.8 Å². The molecule has 2 amide bonds. The van der Waals surface area contributed by atoms with E-state index in [4.69, 9.17) is 0 Å². The fourth-order valence-electron chi connectivity index (χ4n) is 5.57. The highest BCUT2D eigenvalue weighted by molar-refractivity contribution is 5.83. The fraction of sp³-hybridized carbons (Fsp3) is 0.917. The second kappa shape index (κ2) is 32.3. The number of carboxylic acid groups (broad SMARTS) is 1. The van der Waals surface area contributed by atoms with Crippen LogP contribution in [0.5, 0.6) is 0 Å². The number of hydrogen-bond acceptors (Lipinski definition) is 3. The minimum atomic E-state index is -0.978. The minimum Gasteiger partial charge on any atom is -0.480 e. The van der Waals surface area contributed by atoms with E-state index in [0.29, 0.717) is 32.2 Å². The van der Waals surface area contributed by atoms with E-state index in [9.17, 15) is 19.5 Å². The molecule has 0 saturated carbocycles. The van der Waals surface area contributed by atoms with E-state index in [1.54, 1.807) is 0 Å². The molecule has 0 heterocycles. The molecule has 0 bridgehead atoms. The SMILES string of the molecule is CCCCCCCCCCCCCCCC(=O)NCCCC[C@H](NC(=O)CCCCCCCCCCCCC)C(=O)O. The largest absolute Gasteiger partial charge is 0.480 e. The summed E-state index contributed by atoms with van der Waals surface area (Å²) in [6, 6.07) is -0.841. The summed E-state index contributed by atoms with van der Waals surface area (Å²) in [4.78, 5) is 35.9. The molecule has 3 N–H and O–H groups in total. The molecule has 0 saturated heterocycles. The van der Waals surface area contributed by atoms with Gasteiger partial charge in [0, 0.05) is 19.4 Å². The highest BCUT2D eigenvalue weighted by Gasteiger charge is 2.19. The Morgan fingerprint density at radius 2 is 0.833 bits per heavy atom. The standard InChI is InChI=1S/C36H70N2O4/c1-3-5-7-9-11-13-15-16-18-19-21-23-25-30-34(39)37-32-28-27-29-33(36(41)42)38-35(40)31-26-24-22-20-17-14-12-10-8-6-4-2/h33H,3-32H2,1-2H3,(H,37,39)(H,38,40)(H,41,42)/t33-/m0/s1. The van der Waals surface area contributed by atoms with Gasteiger partial charge in [-0.05, 0) is 32.1 Å². The monoisotopic (exact) mass is 595 g/mol. The van der Waals surface area contributed by atoms with Gasteiger partial charge in [-0.3, -0.25) is 9.59 Å². The van der Waals surface area contributed by atoms with Gasteiger partial charge in [0.1, 0.15) is 6.04 Å². The van der Waals surface area contributed by atoms with Gasteiger partial charge < -0.3 is 15.7 Å². The van der Waals surface area contributed by atoms with E-state index in [-0.39, 0.29) is 11.8 Å². The first-order valence-corrected chi connectivity index (χ1v) is 18.3. The topological polar surface area (TPSA) is 95.5 Å².